The van der Waals surface area contributed by atoms with Crippen molar-refractivity contribution in [2.75, 3.05) is 39.5 Å². The van der Waals surface area contributed by atoms with E-state index in [1.165, 1.54) is 16.7 Å². The zero-order valence-corrected chi connectivity index (χ0v) is 31.6. The van der Waals surface area contributed by atoms with Crippen LogP contribution in [0.15, 0.2) is 40.8 Å². The van der Waals surface area contributed by atoms with Gasteiger partial charge in [-0.2, -0.15) is 0 Å². The lowest BCUT2D eigenvalue weighted by Crippen LogP contribution is -2.66. The summed E-state index contributed by atoms with van der Waals surface area (Å²) in [7, 11) is 0. The molecule has 290 valence electrons. The Labute approximate surface area is 310 Å². The number of nitrogens with one attached hydrogen (secondary N) is 1. The highest BCUT2D eigenvalue weighted by Gasteiger charge is 2.52. The van der Waals surface area contributed by atoms with E-state index in [1.807, 2.05) is 25.1 Å². The summed E-state index contributed by atoms with van der Waals surface area (Å²) < 4.78 is 30.3. The number of morpholine rings is 1. The second-order valence-corrected chi connectivity index (χ2v) is 16.8. The number of benzene rings is 1. The van der Waals surface area contributed by atoms with Crippen LogP contribution in [0.5, 0.6) is 0 Å². The molecule has 3 fully saturated rings. The summed E-state index contributed by atoms with van der Waals surface area (Å²) in [5, 5.41) is 35.8. The number of rotatable bonds is 12. The average molecular weight is 750 g/mol. The number of nitrogens with zero attached hydrogens (tertiary/aromatic N) is 2. The Kier molecular flexibility index (Phi) is 14.0. The van der Waals surface area contributed by atoms with E-state index in [0.717, 1.165) is 23.3 Å². The Morgan fingerprint density at radius 2 is 1.71 bits per heavy atom. The fourth-order valence-corrected chi connectivity index (χ4v) is 8.17. The molecular weight excluding hydrogens is 693 g/mol. The Morgan fingerprint density at radius 1 is 1.02 bits per heavy atom. The molecule has 4 N–H and O–H groups in total. The van der Waals surface area contributed by atoms with Crippen molar-refractivity contribution in [2.45, 2.75) is 131 Å². The molecule has 1 aromatic carbocycles. The molecule has 3 aliphatic heterocycles. The minimum absolute atomic E-state index is 0.0287. The van der Waals surface area contributed by atoms with Crippen molar-refractivity contribution in [1.82, 2.24) is 15.1 Å². The quantitative estimate of drug-likeness (QED) is 0.141. The van der Waals surface area contributed by atoms with E-state index < -0.39 is 72.1 Å². The van der Waals surface area contributed by atoms with Gasteiger partial charge < -0.3 is 39.7 Å². The molecule has 2 saturated heterocycles. The highest BCUT2D eigenvalue weighted by Crippen LogP contribution is 2.41. The van der Waals surface area contributed by atoms with Gasteiger partial charge in [0.15, 0.2) is 0 Å². The molecule has 1 saturated carbocycles. The van der Waals surface area contributed by atoms with Crippen LogP contribution in [0.25, 0.3) is 0 Å². The van der Waals surface area contributed by atoms with Crippen LogP contribution in [-0.4, -0.2) is 136 Å². The minimum Gasteiger partial charge on any atom is -0.444 e. The number of amides is 3. The lowest BCUT2D eigenvalue weighted by atomic mass is 9.88. The molecule has 4 aliphatic rings. The van der Waals surface area contributed by atoms with E-state index in [1.54, 1.807) is 37.8 Å². The fourth-order valence-electron chi connectivity index (χ4n) is 7.07. The number of aliphatic hydroxyl groups excluding tert-OH is 3. The van der Waals surface area contributed by atoms with Crippen molar-refractivity contribution in [2.24, 2.45) is 5.92 Å². The van der Waals surface area contributed by atoms with Crippen LogP contribution >= 0.6 is 11.8 Å². The van der Waals surface area contributed by atoms with Crippen molar-refractivity contribution < 1.29 is 48.3 Å². The van der Waals surface area contributed by atoms with Crippen LogP contribution in [0.4, 0.5) is 9.18 Å². The van der Waals surface area contributed by atoms with Crippen molar-refractivity contribution in [3.8, 4) is 0 Å². The first kappa shape index (κ1) is 40.4. The molecule has 5 rings (SSSR count). The Bertz CT molecular complexity index is 1400. The average Bonchev–Trinajstić information content (AvgIpc) is 3.98. The Balaban J connectivity index is 1.39. The van der Waals surface area contributed by atoms with Crippen LogP contribution in [0.3, 0.4) is 0 Å². The number of thioether (sulfide) groups is 1. The summed E-state index contributed by atoms with van der Waals surface area (Å²) in [6.07, 6.45) is -0.599. The number of ether oxygens (including phenoxy) is 3. The van der Waals surface area contributed by atoms with Crippen LogP contribution in [0, 0.1) is 5.92 Å². The first-order chi connectivity index (χ1) is 24.8. The van der Waals surface area contributed by atoms with E-state index in [0.29, 0.717) is 57.6 Å². The number of unbranched alkanes of at least 4 members (excludes halogenated alkanes) is 1. The van der Waals surface area contributed by atoms with E-state index in [4.69, 9.17) is 14.2 Å². The smallest absolute Gasteiger partial charge is 0.410 e. The number of alkyl halides is 1. The normalized spacial score (nSPS) is 28.3. The molecular formula is C38H56FN3O9S. The fraction of sp³-hybridized carbons (Fsp3) is 0.711. The zero-order chi connectivity index (χ0) is 37.6. The van der Waals surface area contributed by atoms with Crippen molar-refractivity contribution in [3.63, 3.8) is 0 Å². The molecule has 14 heteroatoms. The number of carbonyl (C=O) groups is 3. The first-order valence-electron chi connectivity index (χ1n) is 18.6. The minimum atomic E-state index is -1.51. The summed E-state index contributed by atoms with van der Waals surface area (Å²) >= 11 is 1.41. The van der Waals surface area contributed by atoms with E-state index in [2.05, 4.69) is 5.32 Å². The maximum absolute atomic E-state index is 14.4. The number of halogens is 1. The molecule has 0 radical (unpaired) electrons. The van der Waals surface area contributed by atoms with Gasteiger partial charge in [-0.25, -0.2) is 4.79 Å². The van der Waals surface area contributed by atoms with Gasteiger partial charge in [0.25, 0.3) is 5.91 Å². The predicted octanol–water partition coefficient (Wildman–Crippen LogP) is 3.85. The molecule has 0 aromatic heterocycles. The maximum Gasteiger partial charge on any atom is 0.410 e. The summed E-state index contributed by atoms with van der Waals surface area (Å²) in [6.45, 7) is 9.05. The van der Waals surface area contributed by atoms with Gasteiger partial charge in [-0.15, -0.1) is 11.8 Å². The van der Waals surface area contributed by atoms with Crippen LogP contribution in [0.2, 0.25) is 0 Å². The third-order valence-corrected chi connectivity index (χ3v) is 11.4. The number of hydrogen-bond acceptors (Lipinski definition) is 10. The molecule has 8 atom stereocenters. The number of hydrogen-bond donors (Lipinski definition) is 4. The predicted molar refractivity (Wildman–Crippen MR) is 194 cm³/mol. The summed E-state index contributed by atoms with van der Waals surface area (Å²) in [4.78, 5) is 45.0. The van der Waals surface area contributed by atoms with Gasteiger partial charge in [-0.1, -0.05) is 18.6 Å². The Hall–Kier alpha value is -2.75. The van der Waals surface area contributed by atoms with Gasteiger partial charge in [0.2, 0.25) is 5.91 Å². The van der Waals surface area contributed by atoms with Crippen LogP contribution < -0.4 is 5.32 Å². The molecule has 3 amide bonds. The monoisotopic (exact) mass is 749 g/mol. The van der Waals surface area contributed by atoms with E-state index in [9.17, 15) is 34.1 Å². The van der Waals surface area contributed by atoms with Crippen LogP contribution in [0.1, 0.15) is 83.0 Å². The van der Waals surface area contributed by atoms with Gasteiger partial charge in [0, 0.05) is 35.3 Å². The Morgan fingerprint density at radius 3 is 2.35 bits per heavy atom. The largest absolute Gasteiger partial charge is 0.444 e. The number of aliphatic hydroxyl groups is 3. The third-order valence-electron chi connectivity index (χ3n) is 10.2. The molecule has 8 unspecified atom stereocenters. The van der Waals surface area contributed by atoms with Crippen LogP contribution in [-0.2, 0) is 19.0 Å². The van der Waals surface area contributed by atoms with Crippen molar-refractivity contribution in [1.29, 1.82) is 0 Å². The third kappa shape index (κ3) is 10.5. The second kappa shape index (κ2) is 18.1. The highest BCUT2D eigenvalue weighted by atomic mass is 32.2. The van der Waals surface area contributed by atoms with E-state index in [-0.39, 0.29) is 24.8 Å². The molecule has 1 aliphatic carbocycles. The van der Waals surface area contributed by atoms with Gasteiger partial charge in [0.05, 0.1) is 32.0 Å². The molecule has 0 bridgehead atoms. The first-order valence-corrected chi connectivity index (χ1v) is 19.5. The molecule has 0 spiro atoms. The lowest BCUT2D eigenvalue weighted by molar-refractivity contribution is -0.233. The molecule has 1 aromatic rings. The van der Waals surface area contributed by atoms with E-state index >= 15 is 0 Å². The van der Waals surface area contributed by atoms with Crippen molar-refractivity contribution >= 4 is 29.7 Å². The van der Waals surface area contributed by atoms with Gasteiger partial charge in [-0.05, 0) is 95.9 Å². The second-order valence-electron chi connectivity index (χ2n) is 15.3. The molecule has 3 heterocycles. The zero-order valence-electron chi connectivity index (χ0n) is 30.7. The lowest BCUT2D eigenvalue weighted by Gasteiger charge is -2.45. The SMILES string of the molecule is CC(Sc1ccc(C(=O)N2CCOCC2)cc1)C(NC(=O)C1CC=C(CCCCF)CCN1C(=O)OC(C)(C)C)C1OC(C2CC2)C(O)C(O)C1O. The standard InChI is InChI=1S/C38H56FN3O9S/c1-23(52-27-13-11-26(12-14-27)36(47)41-19-21-49-22-20-41)29(34-32(45)30(43)31(44)33(50-34)25-9-10-25)40-35(46)28-15-8-24(7-5-6-17-39)16-18-42(28)37(48)51-38(2,3)4/h8,11-14,23,25,28-34,43-45H,5-7,9-10,15-22H2,1-4H3,(H,40,46). The van der Waals surface area contributed by atoms with Gasteiger partial charge in [0.1, 0.15) is 36.1 Å². The molecule has 52 heavy (non-hydrogen) atoms. The van der Waals surface area contributed by atoms with Gasteiger partial charge >= 0.3 is 6.09 Å². The summed E-state index contributed by atoms with van der Waals surface area (Å²) in [5.74, 6) is -0.524. The summed E-state index contributed by atoms with van der Waals surface area (Å²) in [5.41, 5.74) is 0.794. The van der Waals surface area contributed by atoms with Crippen molar-refractivity contribution in [3.05, 3.63) is 41.5 Å². The maximum atomic E-state index is 14.4. The highest BCUT2D eigenvalue weighted by molar-refractivity contribution is 8.00. The summed E-state index contributed by atoms with van der Waals surface area (Å²) in [6, 6.07) is 5.37. The number of carbonyl (C=O) groups excluding carboxylic acids is 3. The topological polar surface area (TPSA) is 158 Å². The van der Waals surface area contributed by atoms with Gasteiger partial charge in [-0.3, -0.25) is 18.9 Å². The molecule has 12 nitrogen and oxygen atoms in total.